The van der Waals surface area contributed by atoms with Crippen molar-refractivity contribution in [2.45, 2.75) is 13.5 Å². The molecule has 1 aromatic heterocycles. The molecule has 98 valence electrons. The fourth-order valence-corrected chi connectivity index (χ4v) is 2.49. The van der Waals surface area contributed by atoms with E-state index in [1.807, 2.05) is 19.1 Å². The van der Waals surface area contributed by atoms with Crippen molar-refractivity contribution < 1.29 is 9.90 Å². The molecule has 1 fully saturated rings. The minimum atomic E-state index is -0.686. The lowest BCUT2D eigenvalue weighted by atomic mass is 9.99. The van der Waals surface area contributed by atoms with Crippen molar-refractivity contribution in [2.75, 3.05) is 13.1 Å². The number of carboxylic acids is 1. The first-order chi connectivity index (χ1) is 9.11. The molecule has 0 radical (unpaired) electrons. The second kappa shape index (κ2) is 4.63. The summed E-state index contributed by atoms with van der Waals surface area (Å²) in [5.41, 5.74) is 3.24. The smallest absolute Gasteiger partial charge is 0.309 e. The van der Waals surface area contributed by atoms with Crippen molar-refractivity contribution in [1.82, 2.24) is 9.88 Å². The normalized spacial score (nSPS) is 16.5. The van der Waals surface area contributed by atoms with Gasteiger partial charge in [-0.1, -0.05) is 12.1 Å². The van der Waals surface area contributed by atoms with Crippen molar-refractivity contribution in [3.63, 3.8) is 0 Å². The van der Waals surface area contributed by atoms with Gasteiger partial charge in [0, 0.05) is 30.7 Å². The third kappa shape index (κ3) is 2.44. The van der Waals surface area contributed by atoms with Crippen LogP contribution in [0, 0.1) is 12.8 Å². The maximum atomic E-state index is 10.8. The highest BCUT2D eigenvalue weighted by atomic mass is 16.4. The quantitative estimate of drug-likeness (QED) is 0.913. The van der Waals surface area contributed by atoms with E-state index in [2.05, 4.69) is 28.1 Å². The van der Waals surface area contributed by atoms with Crippen molar-refractivity contribution in [1.29, 1.82) is 0 Å². The fraction of sp³-hybridized carbons (Fsp3) is 0.333. The first kappa shape index (κ1) is 12.1. The summed E-state index contributed by atoms with van der Waals surface area (Å²) in [5.74, 6) is -0.876. The number of likely N-dealkylation sites (tertiary alicyclic amines) is 1. The first-order valence-electron chi connectivity index (χ1n) is 6.43. The summed E-state index contributed by atoms with van der Waals surface area (Å²) < 4.78 is 0. The summed E-state index contributed by atoms with van der Waals surface area (Å²) in [4.78, 5) is 17.4. The van der Waals surface area contributed by atoms with Crippen LogP contribution in [0.2, 0.25) is 0 Å². The highest BCUT2D eigenvalue weighted by molar-refractivity contribution is 5.79. The van der Waals surface area contributed by atoms with Crippen LogP contribution in [-0.4, -0.2) is 34.0 Å². The number of carbonyl (C=O) groups is 1. The number of benzene rings is 1. The summed E-state index contributed by atoms with van der Waals surface area (Å²) >= 11 is 0. The largest absolute Gasteiger partial charge is 0.481 e. The highest BCUT2D eigenvalue weighted by Crippen LogP contribution is 2.21. The van der Waals surface area contributed by atoms with Crippen LogP contribution in [0.15, 0.2) is 30.3 Å². The summed E-state index contributed by atoms with van der Waals surface area (Å²) in [5, 5.41) is 9.99. The Morgan fingerprint density at radius 3 is 2.89 bits per heavy atom. The van der Waals surface area contributed by atoms with Crippen molar-refractivity contribution in [2.24, 2.45) is 5.92 Å². The van der Waals surface area contributed by atoms with Gasteiger partial charge in [0.15, 0.2) is 0 Å². The first-order valence-corrected chi connectivity index (χ1v) is 6.43. The van der Waals surface area contributed by atoms with Gasteiger partial charge in [-0.3, -0.25) is 14.7 Å². The Balaban J connectivity index is 1.72. The average molecular weight is 256 g/mol. The molecule has 0 aliphatic carbocycles. The molecule has 0 saturated carbocycles. The molecule has 2 aromatic rings. The van der Waals surface area contributed by atoms with Crippen LogP contribution >= 0.6 is 0 Å². The molecule has 0 bridgehead atoms. The minimum Gasteiger partial charge on any atom is -0.481 e. The molecule has 0 atom stereocenters. The van der Waals surface area contributed by atoms with E-state index >= 15 is 0 Å². The Hall–Kier alpha value is -1.94. The molecule has 1 aromatic carbocycles. The van der Waals surface area contributed by atoms with Gasteiger partial charge in [-0.05, 0) is 30.7 Å². The summed E-state index contributed by atoms with van der Waals surface area (Å²) in [6.45, 7) is 4.10. The van der Waals surface area contributed by atoms with E-state index in [4.69, 9.17) is 5.11 Å². The molecular weight excluding hydrogens is 240 g/mol. The van der Waals surface area contributed by atoms with Crippen molar-refractivity contribution in [3.05, 3.63) is 41.6 Å². The van der Waals surface area contributed by atoms with E-state index in [-0.39, 0.29) is 5.92 Å². The van der Waals surface area contributed by atoms with Crippen molar-refractivity contribution in [3.8, 4) is 0 Å². The predicted octanol–water partition coefficient (Wildman–Crippen LogP) is 2.06. The molecule has 1 N–H and O–H groups in total. The molecule has 3 rings (SSSR count). The second-order valence-corrected chi connectivity index (χ2v) is 5.21. The standard InChI is InChI=1S/C15H16N2O2/c1-10-2-4-12-6-11(3-5-14(12)16-10)7-17-8-13(9-17)15(18)19/h2-6,13H,7-9H2,1H3,(H,18,19). The van der Waals surface area contributed by atoms with Gasteiger partial charge in [-0.2, -0.15) is 0 Å². The third-order valence-corrected chi connectivity index (χ3v) is 3.61. The number of aromatic nitrogens is 1. The summed E-state index contributed by atoms with van der Waals surface area (Å²) in [7, 11) is 0. The Labute approximate surface area is 111 Å². The molecule has 0 spiro atoms. The number of aliphatic carboxylic acids is 1. The van der Waals surface area contributed by atoms with Crippen LogP contribution in [0.1, 0.15) is 11.3 Å². The number of hydrogen-bond donors (Lipinski definition) is 1. The highest BCUT2D eigenvalue weighted by Gasteiger charge is 2.32. The molecule has 1 aliphatic rings. The molecule has 2 heterocycles. The number of carboxylic acid groups (broad SMARTS) is 1. The van der Waals surface area contributed by atoms with Gasteiger partial charge < -0.3 is 5.11 Å². The van der Waals surface area contributed by atoms with Crippen LogP contribution in [0.5, 0.6) is 0 Å². The van der Waals surface area contributed by atoms with Gasteiger partial charge in [0.05, 0.1) is 11.4 Å². The van der Waals surface area contributed by atoms with Gasteiger partial charge in [0.25, 0.3) is 0 Å². The number of pyridine rings is 1. The van der Waals surface area contributed by atoms with E-state index < -0.39 is 5.97 Å². The Kier molecular flexibility index (Phi) is 2.95. The van der Waals surface area contributed by atoms with E-state index in [1.54, 1.807) is 0 Å². The van der Waals surface area contributed by atoms with Gasteiger partial charge in [-0.25, -0.2) is 0 Å². The average Bonchev–Trinajstić information content (AvgIpc) is 2.32. The lowest BCUT2D eigenvalue weighted by Gasteiger charge is -2.36. The zero-order valence-corrected chi connectivity index (χ0v) is 10.8. The third-order valence-electron chi connectivity index (χ3n) is 3.61. The molecule has 19 heavy (non-hydrogen) atoms. The van der Waals surface area contributed by atoms with E-state index in [0.717, 1.165) is 23.1 Å². The maximum absolute atomic E-state index is 10.8. The van der Waals surface area contributed by atoms with Crippen LogP contribution in [0.3, 0.4) is 0 Å². The molecule has 4 heteroatoms. The Bertz CT molecular complexity index is 633. The fourth-order valence-electron chi connectivity index (χ4n) is 2.49. The van der Waals surface area contributed by atoms with Gasteiger partial charge in [0.1, 0.15) is 0 Å². The predicted molar refractivity (Wildman–Crippen MR) is 72.9 cm³/mol. The number of hydrogen-bond acceptors (Lipinski definition) is 3. The molecular formula is C15H16N2O2. The van der Waals surface area contributed by atoms with Crippen LogP contribution in [-0.2, 0) is 11.3 Å². The molecule has 1 saturated heterocycles. The van der Waals surface area contributed by atoms with E-state index in [9.17, 15) is 4.79 Å². The number of nitrogens with zero attached hydrogens (tertiary/aromatic N) is 2. The van der Waals surface area contributed by atoms with Crippen LogP contribution in [0.25, 0.3) is 10.9 Å². The van der Waals surface area contributed by atoms with E-state index in [1.165, 1.54) is 5.56 Å². The van der Waals surface area contributed by atoms with Crippen molar-refractivity contribution >= 4 is 16.9 Å². The number of fused-ring (bicyclic) bond motifs is 1. The Morgan fingerprint density at radius 2 is 2.16 bits per heavy atom. The SMILES string of the molecule is Cc1ccc2cc(CN3CC(C(=O)O)C3)ccc2n1. The summed E-state index contributed by atoms with van der Waals surface area (Å²) in [6, 6.07) is 10.3. The molecule has 0 amide bonds. The zero-order valence-electron chi connectivity index (χ0n) is 10.8. The molecule has 0 unspecified atom stereocenters. The topological polar surface area (TPSA) is 53.4 Å². The monoisotopic (exact) mass is 256 g/mol. The lowest BCUT2D eigenvalue weighted by Crippen LogP contribution is -2.49. The molecule has 4 nitrogen and oxygen atoms in total. The molecule has 1 aliphatic heterocycles. The van der Waals surface area contributed by atoms with Gasteiger partial charge in [0.2, 0.25) is 0 Å². The summed E-state index contributed by atoms with van der Waals surface area (Å²) in [6.07, 6.45) is 0. The maximum Gasteiger partial charge on any atom is 0.309 e. The Morgan fingerprint density at radius 1 is 1.37 bits per heavy atom. The minimum absolute atomic E-state index is 0.190. The zero-order chi connectivity index (χ0) is 13.4. The van der Waals surface area contributed by atoms with Gasteiger partial charge in [-0.15, -0.1) is 0 Å². The number of rotatable bonds is 3. The van der Waals surface area contributed by atoms with Crippen LogP contribution in [0.4, 0.5) is 0 Å². The van der Waals surface area contributed by atoms with Crippen LogP contribution < -0.4 is 0 Å². The van der Waals surface area contributed by atoms with E-state index in [0.29, 0.717) is 13.1 Å². The lowest BCUT2D eigenvalue weighted by molar-refractivity contribution is -0.147. The second-order valence-electron chi connectivity index (χ2n) is 5.21. The number of aryl methyl sites for hydroxylation is 1. The van der Waals surface area contributed by atoms with Gasteiger partial charge >= 0.3 is 5.97 Å².